The van der Waals surface area contributed by atoms with E-state index in [1.165, 1.54) is 16.7 Å². The second-order valence-corrected chi connectivity index (χ2v) is 9.56. The zero-order valence-electron chi connectivity index (χ0n) is 20.9. The van der Waals surface area contributed by atoms with Crippen molar-refractivity contribution in [1.82, 2.24) is 24.1 Å². The van der Waals surface area contributed by atoms with Gasteiger partial charge in [0.2, 0.25) is 5.88 Å². The molecule has 0 atom stereocenters. The van der Waals surface area contributed by atoms with Crippen molar-refractivity contribution in [2.75, 3.05) is 6.61 Å². The summed E-state index contributed by atoms with van der Waals surface area (Å²) in [6.45, 7) is 9.10. The zero-order chi connectivity index (χ0) is 26.2. The average molecular weight is 498 g/mol. The standard InChI is InChI=1S/C26H29F2N5O3/c1-15(2)14-36-24-19(7-6-12-29-24)21-30-22-20(23(34)31-25(35)33(22)16(3)4)32(21)13-17-8-10-18(11-9-17)26(5,27)28/h6-12,15-16H,13-14H2,1-5H3,(H,31,34,35). The van der Waals surface area contributed by atoms with Crippen LogP contribution in [-0.2, 0) is 12.5 Å². The number of alkyl halides is 2. The van der Waals surface area contributed by atoms with E-state index in [1.54, 1.807) is 35.0 Å². The molecule has 1 N–H and O–H groups in total. The Bertz CT molecular complexity index is 1500. The maximum absolute atomic E-state index is 13.7. The van der Waals surface area contributed by atoms with Crippen molar-refractivity contribution in [3.8, 4) is 17.3 Å². The molecular weight excluding hydrogens is 468 g/mol. The van der Waals surface area contributed by atoms with E-state index in [4.69, 9.17) is 9.72 Å². The van der Waals surface area contributed by atoms with E-state index in [1.807, 2.05) is 27.7 Å². The fourth-order valence-electron chi connectivity index (χ4n) is 3.99. The summed E-state index contributed by atoms with van der Waals surface area (Å²) in [5.74, 6) is -1.98. The van der Waals surface area contributed by atoms with Gasteiger partial charge in [-0.15, -0.1) is 0 Å². The molecule has 4 aromatic rings. The minimum absolute atomic E-state index is 0.106. The second kappa shape index (κ2) is 9.67. The number of ether oxygens (including phenoxy) is 1. The maximum atomic E-state index is 13.7. The van der Waals surface area contributed by atoms with E-state index in [0.29, 0.717) is 29.4 Å². The Morgan fingerprint density at radius 2 is 1.78 bits per heavy atom. The number of halogens is 2. The molecule has 36 heavy (non-hydrogen) atoms. The molecule has 0 spiro atoms. The van der Waals surface area contributed by atoms with Crippen molar-refractivity contribution in [3.05, 3.63) is 74.6 Å². The molecule has 0 unspecified atom stereocenters. The largest absolute Gasteiger partial charge is 0.477 e. The second-order valence-electron chi connectivity index (χ2n) is 9.56. The number of pyridine rings is 1. The molecule has 0 amide bonds. The van der Waals surface area contributed by atoms with Gasteiger partial charge >= 0.3 is 5.69 Å². The van der Waals surface area contributed by atoms with Crippen LogP contribution in [0.1, 0.15) is 51.8 Å². The molecule has 0 aliphatic rings. The summed E-state index contributed by atoms with van der Waals surface area (Å²) >= 11 is 0. The van der Waals surface area contributed by atoms with Crippen molar-refractivity contribution in [2.24, 2.45) is 5.92 Å². The van der Waals surface area contributed by atoms with E-state index in [2.05, 4.69) is 9.97 Å². The van der Waals surface area contributed by atoms with Crippen LogP contribution in [0.3, 0.4) is 0 Å². The van der Waals surface area contributed by atoms with Gasteiger partial charge in [-0.3, -0.25) is 14.3 Å². The molecule has 0 saturated carbocycles. The third-order valence-electron chi connectivity index (χ3n) is 5.72. The first-order chi connectivity index (χ1) is 17.0. The Hall–Kier alpha value is -3.82. The van der Waals surface area contributed by atoms with E-state index in [9.17, 15) is 18.4 Å². The highest BCUT2D eigenvalue weighted by atomic mass is 19.3. The summed E-state index contributed by atoms with van der Waals surface area (Å²) in [5, 5.41) is 0. The van der Waals surface area contributed by atoms with Crippen LogP contribution in [0.15, 0.2) is 52.2 Å². The van der Waals surface area contributed by atoms with Crippen LogP contribution in [0.4, 0.5) is 8.78 Å². The molecule has 3 aromatic heterocycles. The summed E-state index contributed by atoms with van der Waals surface area (Å²) in [6.07, 6.45) is 1.60. The lowest BCUT2D eigenvalue weighted by molar-refractivity contribution is 0.0174. The van der Waals surface area contributed by atoms with Crippen molar-refractivity contribution >= 4 is 11.2 Å². The van der Waals surface area contributed by atoms with Crippen LogP contribution in [0.25, 0.3) is 22.6 Å². The summed E-state index contributed by atoms with van der Waals surface area (Å²) in [7, 11) is 0. The molecule has 4 rings (SSSR count). The van der Waals surface area contributed by atoms with E-state index in [-0.39, 0.29) is 35.2 Å². The lowest BCUT2D eigenvalue weighted by atomic mass is 10.1. The highest BCUT2D eigenvalue weighted by Crippen LogP contribution is 2.31. The van der Waals surface area contributed by atoms with Gasteiger partial charge in [-0.25, -0.2) is 23.5 Å². The van der Waals surface area contributed by atoms with Crippen LogP contribution >= 0.6 is 0 Å². The SMILES string of the molecule is CC(C)COc1ncccc1-c1nc2c(c(=O)[nH]c(=O)n2C(C)C)n1Cc1ccc(C(C)(F)F)cc1. The third-order valence-corrected chi connectivity index (χ3v) is 5.72. The van der Waals surface area contributed by atoms with Crippen molar-refractivity contribution in [2.45, 2.75) is 53.1 Å². The molecular formula is C26H29F2N5O3. The fraction of sp³-hybridized carbons (Fsp3) is 0.385. The van der Waals surface area contributed by atoms with Gasteiger partial charge < -0.3 is 9.30 Å². The third kappa shape index (κ3) is 4.93. The molecule has 0 aliphatic carbocycles. The molecule has 0 bridgehead atoms. The minimum Gasteiger partial charge on any atom is -0.477 e. The van der Waals surface area contributed by atoms with Crippen LogP contribution in [0.5, 0.6) is 5.88 Å². The first-order valence-corrected chi connectivity index (χ1v) is 11.8. The molecule has 190 valence electrons. The number of rotatable bonds is 8. The van der Waals surface area contributed by atoms with Gasteiger partial charge in [-0.2, -0.15) is 0 Å². The van der Waals surface area contributed by atoms with Crippen LogP contribution < -0.4 is 16.0 Å². The Kier molecular flexibility index (Phi) is 6.79. The topological polar surface area (TPSA) is 94.8 Å². The van der Waals surface area contributed by atoms with Crippen molar-refractivity contribution in [1.29, 1.82) is 0 Å². The summed E-state index contributed by atoms with van der Waals surface area (Å²) < 4.78 is 36.5. The normalized spacial score (nSPS) is 12.1. The van der Waals surface area contributed by atoms with E-state index >= 15 is 0 Å². The fourth-order valence-corrected chi connectivity index (χ4v) is 3.99. The predicted octanol–water partition coefficient (Wildman–Crippen LogP) is 4.72. The van der Waals surface area contributed by atoms with Crippen molar-refractivity contribution < 1.29 is 13.5 Å². The number of nitrogens with zero attached hydrogens (tertiary/aromatic N) is 4. The van der Waals surface area contributed by atoms with Gasteiger partial charge in [0.15, 0.2) is 11.2 Å². The Morgan fingerprint density at radius 1 is 1.08 bits per heavy atom. The molecule has 10 heteroatoms. The van der Waals surface area contributed by atoms with Crippen LogP contribution in [-0.4, -0.2) is 30.7 Å². The van der Waals surface area contributed by atoms with Gasteiger partial charge in [0.1, 0.15) is 5.82 Å². The van der Waals surface area contributed by atoms with Crippen LogP contribution in [0.2, 0.25) is 0 Å². The Labute approximate surface area is 206 Å². The van der Waals surface area contributed by atoms with Gasteiger partial charge in [-0.05, 0) is 37.5 Å². The Balaban J connectivity index is 1.96. The molecule has 0 fully saturated rings. The minimum atomic E-state index is -2.96. The number of nitrogens with one attached hydrogen (secondary N) is 1. The first kappa shape index (κ1) is 25.3. The molecule has 0 radical (unpaired) electrons. The molecule has 8 nitrogen and oxygen atoms in total. The molecule has 0 saturated heterocycles. The zero-order valence-corrected chi connectivity index (χ0v) is 20.9. The number of benzene rings is 1. The maximum Gasteiger partial charge on any atom is 0.330 e. The Morgan fingerprint density at radius 3 is 2.39 bits per heavy atom. The van der Waals surface area contributed by atoms with E-state index < -0.39 is 17.2 Å². The number of aromatic amines is 1. The molecule has 0 aliphatic heterocycles. The summed E-state index contributed by atoms with van der Waals surface area (Å²) in [6, 6.07) is 9.16. The van der Waals surface area contributed by atoms with Gasteiger partial charge in [0.25, 0.3) is 11.5 Å². The number of fused-ring (bicyclic) bond motifs is 1. The van der Waals surface area contributed by atoms with Gasteiger partial charge in [-0.1, -0.05) is 38.1 Å². The highest BCUT2D eigenvalue weighted by Gasteiger charge is 2.25. The number of hydrogen-bond donors (Lipinski definition) is 1. The molecule has 3 heterocycles. The van der Waals surface area contributed by atoms with E-state index in [0.717, 1.165) is 6.92 Å². The quantitative estimate of drug-likeness (QED) is 0.380. The summed E-state index contributed by atoms with van der Waals surface area (Å²) in [5.41, 5.74) is 0.398. The molecule has 1 aromatic carbocycles. The van der Waals surface area contributed by atoms with Gasteiger partial charge in [0, 0.05) is 31.3 Å². The smallest absolute Gasteiger partial charge is 0.330 e. The van der Waals surface area contributed by atoms with Gasteiger partial charge in [0.05, 0.1) is 12.2 Å². The average Bonchev–Trinajstić information content (AvgIpc) is 3.16. The lowest BCUT2D eigenvalue weighted by Crippen LogP contribution is -2.32. The van der Waals surface area contributed by atoms with Crippen LogP contribution in [0, 0.1) is 5.92 Å². The predicted molar refractivity (Wildman–Crippen MR) is 134 cm³/mol. The summed E-state index contributed by atoms with van der Waals surface area (Å²) in [4.78, 5) is 37.2. The number of H-pyrrole nitrogens is 1. The number of hydrogen-bond acceptors (Lipinski definition) is 5. The lowest BCUT2D eigenvalue weighted by Gasteiger charge is -2.14. The highest BCUT2D eigenvalue weighted by molar-refractivity contribution is 5.78. The van der Waals surface area contributed by atoms with Crippen molar-refractivity contribution in [3.63, 3.8) is 0 Å². The monoisotopic (exact) mass is 497 g/mol. The first-order valence-electron chi connectivity index (χ1n) is 11.8. The number of imidazole rings is 1. The number of aromatic nitrogens is 5.